The van der Waals surface area contributed by atoms with Gasteiger partial charge in [0.15, 0.2) is 5.17 Å². The molecule has 0 saturated carbocycles. The molecule has 0 aliphatic carbocycles. The van der Waals surface area contributed by atoms with Crippen LogP contribution in [0.2, 0.25) is 10.0 Å². The van der Waals surface area contributed by atoms with E-state index in [0.29, 0.717) is 25.8 Å². The second kappa shape index (κ2) is 6.65. The number of benzene rings is 2. The van der Waals surface area contributed by atoms with E-state index in [1.54, 1.807) is 0 Å². The number of allylic oxidation sites excluding steroid dienone is 1. The fourth-order valence-corrected chi connectivity index (χ4v) is 4.60. The summed E-state index contributed by atoms with van der Waals surface area (Å²) in [5, 5.41) is 11.5. The zero-order chi connectivity index (χ0) is 18.4. The Morgan fingerprint density at radius 1 is 1.04 bits per heavy atom. The number of thioether (sulfide) groups is 1. The second-order valence-corrected chi connectivity index (χ2v) is 7.95. The zero-order valence-corrected chi connectivity index (χ0v) is 16.0. The molecule has 0 amide bonds. The molecular formula is C19H14Cl2N2O2S. The van der Waals surface area contributed by atoms with Crippen LogP contribution in [0.3, 0.4) is 0 Å². The van der Waals surface area contributed by atoms with E-state index in [0.717, 1.165) is 11.1 Å². The quantitative estimate of drug-likeness (QED) is 0.732. The van der Waals surface area contributed by atoms with Crippen LogP contribution < -0.4 is 0 Å². The number of halogens is 2. The van der Waals surface area contributed by atoms with Crippen LogP contribution in [0.15, 0.2) is 64.1 Å². The molecule has 2 atom stereocenters. The van der Waals surface area contributed by atoms with E-state index < -0.39 is 5.97 Å². The Labute approximate surface area is 165 Å². The third kappa shape index (κ3) is 2.90. The largest absolute Gasteiger partial charge is 0.477 e. The van der Waals surface area contributed by atoms with E-state index in [4.69, 9.17) is 28.2 Å². The lowest BCUT2D eigenvalue weighted by Crippen LogP contribution is -2.26. The SMILES string of the molecule is CC1=C(C(=O)O)SC2=N[C@@H](c3ccc(Cl)cc3)[C@@H](c3ccc(Cl)cc3)N21. The summed E-state index contributed by atoms with van der Waals surface area (Å²) < 4.78 is 0. The van der Waals surface area contributed by atoms with Gasteiger partial charge in [-0.25, -0.2) is 4.79 Å². The molecule has 2 aromatic rings. The van der Waals surface area contributed by atoms with Crippen LogP contribution in [0.25, 0.3) is 0 Å². The van der Waals surface area contributed by atoms with Gasteiger partial charge in [0.1, 0.15) is 10.9 Å². The molecule has 1 N–H and O–H groups in total. The van der Waals surface area contributed by atoms with Crippen LogP contribution in [-0.2, 0) is 4.79 Å². The average Bonchev–Trinajstić information content (AvgIpc) is 3.14. The first-order chi connectivity index (χ1) is 12.5. The molecule has 0 radical (unpaired) electrons. The van der Waals surface area contributed by atoms with Crippen molar-refractivity contribution in [2.24, 2.45) is 4.99 Å². The number of carbonyl (C=O) groups is 1. The fourth-order valence-electron chi connectivity index (χ4n) is 3.32. The predicted octanol–water partition coefficient (Wildman–Crippen LogP) is 5.51. The van der Waals surface area contributed by atoms with Gasteiger partial charge in [-0.1, -0.05) is 47.5 Å². The van der Waals surface area contributed by atoms with Crippen molar-refractivity contribution in [1.29, 1.82) is 0 Å². The van der Waals surface area contributed by atoms with Crippen molar-refractivity contribution >= 4 is 46.1 Å². The third-order valence-electron chi connectivity index (χ3n) is 4.53. The number of rotatable bonds is 3. The van der Waals surface area contributed by atoms with Gasteiger partial charge < -0.3 is 10.0 Å². The molecule has 2 aliphatic rings. The van der Waals surface area contributed by atoms with E-state index >= 15 is 0 Å². The Hall–Kier alpha value is -1.95. The fraction of sp³-hybridized carbons (Fsp3) is 0.158. The molecule has 132 valence electrons. The lowest BCUT2D eigenvalue weighted by Gasteiger charge is -2.28. The Morgan fingerprint density at radius 2 is 1.58 bits per heavy atom. The Bertz CT molecular complexity index is 939. The molecule has 0 bridgehead atoms. The monoisotopic (exact) mass is 404 g/mol. The number of hydrogen-bond acceptors (Lipinski definition) is 4. The van der Waals surface area contributed by atoms with Crippen LogP contribution in [0.1, 0.15) is 30.1 Å². The maximum absolute atomic E-state index is 11.5. The standard InChI is InChI=1S/C19H14Cl2N2O2S/c1-10-17(18(24)25)26-19-22-15(11-2-6-13(20)7-3-11)16(23(10)19)12-4-8-14(21)9-5-12/h2-9,15-16H,1H3,(H,24,25)/t15-,16+/m0/s1. The maximum Gasteiger partial charge on any atom is 0.344 e. The summed E-state index contributed by atoms with van der Waals surface area (Å²) in [5.74, 6) is -0.928. The molecule has 2 heterocycles. The summed E-state index contributed by atoms with van der Waals surface area (Å²) in [4.78, 5) is 18.7. The van der Waals surface area contributed by atoms with Gasteiger partial charge in [-0.3, -0.25) is 4.99 Å². The van der Waals surface area contributed by atoms with Crippen molar-refractivity contribution < 1.29 is 9.90 Å². The van der Waals surface area contributed by atoms with Gasteiger partial charge in [-0.2, -0.15) is 0 Å². The minimum atomic E-state index is -0.928. The molecular weight excluding hydrogens is 391 g/mol. The summed E-state index contributed by atoms with van der Waals surface area (Å²) in [7, 11) is 0. The number of aliphatic imine (C=N–C) groups is 1. The highest BCUT2D eigenvalue weighted by Crippen LogP contribution is 2.51. The average molecular weight is 405 g/mol. The normalized spacial score (nSPS) is 21.8. The first-order valence-electron chi connectivity index (χ1n) is 7.95. The van der Waals surface area contributed by atoms with E-state index in [2.05, 4.69) is 0 Å². The van der Waals surface area contributed by atoms with Gasteiger partial charge in [0, 0.05) is 15.7 Å². The topological polar surface area (TPSA) is 52.9 Å². The highest BCUT2D eigenvalue weighted by atomic mass is 35.5. The van der Waals surface area contributed by atoms with Crippen molar-refractivity contribution in [3.63, 3.8) is 0 Å². The van der Waals surface area contributed by atoms with Crippen LogP contribution in [0, 0.1) is 0 Å². The Morgan fingerprint density at radius 3 is 2.12 bits per heavy atom. The number of nitrogens with zero attached hydrogens (tertiary/aromatic N) is 2. The lowest BCUT2D eigenvalue weighted by atomic mass is 9.93. The number of carboxylic acids is 1. The summed E-state index contributed by atoms with van der Waals surface area (Å²) >= 11 is 13.3. The Kier molecular flexibility index (Phi) is 4.47. The number of aliphatic carboxylic acids is 1. The van der Waals surface area contributed by atoms with Gasteiger partial charge in [0.05, 0.1) is 6.04 Å². The number of amidine groups is 1. The van der Waals surface area contributed by atoms with Crippen molar-refractivity contribution in [3.05, 3.63) is 80.3 Å². The van der Waals surface area contributed by atoms with E-state index in [1.807, 2.05) is 60.4 Å². The first-order valence-corrected chi connectivity index (χ1v) is 9.53. The van der Waals surface area contributed by atoms with Crippen LogP contribution >= 0.6 is 35.0 Å². The lowest BCUT2D eigenvalue weighted by molar-refractivity contribution is -0.131. The molecule has 0 fully saturated rings. The Balaban J connectivity index is 1.81. The zero-order valence-electron chi connectivity index (χ0n) is 13.7. The van der Waals surface area contributed by atoms with Crippen molar-refractivity contribution in [2.75, 3.05) is 0 Å². The van der Waals surface area contributed by atoms with Gasteiger partial charge in [-0.15, -0.1) is 0 Å². The maximum atomic E-state index is 11.5. The second-order valence-electron chi connectivity index (χ2n) is 6.10. The van der Waals surface area contributed by atoms with Gasteiger partial charge in [0.2, 0.25) is 0 Å². The molecule has 2 aliphatic heterocycles. The molecule has 0 saturated heterocycles. The minimum Gasteiger partial charge on any atom is -0.477 e. The van der Waals surface area contributed by atoms with E-state index in [1.165, 1.54) is 11.8 Å². The summed E-state index contributed by atoms with van der Waals surface area (Å²) in [5.41, 5.74) is 2.76. The van der Waals surface area contributed by atoms with Crippen LogP contribution in [-0.4, -0.2) is 21.1 Å². The molecule has 0 unspecified atom stereocenters. The number of carboxylic acid groups (broad SMARTS) is 1. The third-order valence-corrected chi connectivity index (χ3v) is 6.20. The smallest absolute Gasteiger partial charge is 0.344 e. The molecule has 2 aromatic carbocycles. The van der Waals surface area contributed by atoms with Gasteiger partial charge in [-0.05, 0) is 54.1 Å². The van der Waals surface area contributed by atoms with Gasteiger partial charge in [0.25, 0.3) is 0 Å². The molecule has 4 nitrogen and oxygen atoms in total. The molecule has 0 aromatic heterocycles. The molecule has 4 rings (SSSR count). The van der Waals surface area contributed by atoms with E-state index in [-0.39, 0.29) is 12.1 Å². The highest BCUT2D eigenvalue weighted by Gasteiger charge is 2.45. The number of fused-ring (bicyclic) bond motifs is 1. The summed E-state index contributed by atoms with van der Waals surface area (Å²) in [6.07, 6.45) is 0. The van der Waals surface area contributed by atoms with Crippen molar-refractivity contribution in [3.8, 4) is 0 Å². The molecule has 0 spiro atoms. The molecule has 26 heavy (non-hydrogen) atoms. The van der Waals surface area contributed by atoms with Gasteiger partial charge >= 0.3 is 5.97 Å². The highest BCUT2D eigenvalue weighted by molar-refractivity contribution is 8.18. The minimum absolute atomic E-state index is 0.132. The summed E-state index contributed by atoms with van der Waals surface area (Å²) in [6, 6.07) is 14.9. The van der Waals surface area contributed by atoms with Crippen molar-refractivity contribution in [1.82, 2.24) is 4.90 Å². The van der Waals surface area contributed by atoms with Crippen LogP contribution in [0.5, 0.6) is 0 Å². The van der Waals surface area contributed by atoms with Crippen molar-refractivity contribution in [2.45, 2.75) is 19.0 Å². The van der Waals surface area contributed by atoms with Crippen LogP contribution in [0.4, 0.5) is 0 Å². The molecule has 7 heteroatoms. The van der Waals surface area contributed by atoms with E-state index in [9.17, 15) is 9.90 Å². The summed E-state index contributed by atoms with van der Waals surface area (Å²) in [6.45, 7) is 1.83. The first kappa shape index (κ1) is 17.5. The number of hydrogen-bond donors (Lipinski definition) is 1. The predicted molar refractivity (Wildman–Crippen MR) is 106 cm³/mol.